The van der Waals surface area contributed by atoms with Crippen LogP contribution in [0.15, 0.2) is 12.2 Å². The van der Waals surface area contributed by atoms with Crippen molar-refractivity contribution < 1.29 is 0 Å². The summed E-state index contributed by atoms with van der Waals surface area (Å²) in [5.41, 5.74) is 0. The Hall–Kier alpha value is 0.0900. The molecule has 1 heteroatoms. The van der Waals surface area contributed by atoms with Gasteiger partial charge in [-0.3, -0.25) is 0 Å². The van der Waals surface area contributed by atoms with Crippen molar-refractivity contribution in [2.45, 2.75) is 64.5 Å². The molecule has 84 valence electrons. The molecule has 0 N–H and O–H groups in total. The van der Waals surface area contributed by atoms with Crippen molar-refractivity contribution in [2.24, 2.45) is 0 Å². The zero-order valence-corrected chi connectivity index (χ0v) is 10.9. The topological polar surface area (TPSA) is 0 Å². The van der Waals surface area contributed by atoms with E-state index in [4.69, 9.17) is 0 Å². The second-order valence-corrected chi connectivity index (χ2v) is 5.43. The fourth-order valence-electron chi connectivity index (χ4n) is 1.44. The van der Waals surface area contributed by atoms with Gasteiger partial charge in [-0.15, -0.1) is 0 Å². The third-order valence-corrected chi connectivity index (χ3v) is 3.77. The summed E-state index contributed by atoms with van der Waals surface area (Å²) in [7, 11) is 0. The number of rotatable bonds is 9. The molecule has 0 amide bonds. The predicted molar refractivity (Wildman–Crippen MR) is 70.1 cm³/mol. The van der Waals surface area contributed by atoms with Gasteiger partial charge in [0.2, 0.25) is 0 Å². The van der Waals surface area contributed by atoms with E-state index in [-0.39, 0.29) is 0 Å². The minimum absolute atomic E-state index is 0.872. The summed E-state index contributed by atoms with van der Waals surface area (Å²) in [6, 6.07) is 0. The Morgan fingerprint density at radius 3 is 2.64 bits per heavy atom. The number of allylic oxidation sites excluding steroid dienone is 2. The van der Waals surface area contributed by atoms with Crippen molar-refractivity contribution in [3.8, 4) is 0 Å². The van der Waals surface area contributed by atoms with E-state index in [0.717, 1.165) is 5.25 Å². The highest BCUT2D eigenvalue weighted by atomic mass is 32.2. The van der Waals surface area contributed by atoms with Crippen LogP contribution >= 0.6 is 11.8 Å². The van der Waals surface area contributed by atoms with Gasteiger partial charge in [-0.2, -0.15) is 11.8 Å². The summed E-state index contributed by atoms with van der Waals surface area (Å²) in [6.07, 6.45) is 12.6. The lowest BCUT2D eigenvalue weighted by Gasteiger charge is -2.09. The molecule has 0 aromatic heterocycles. The molecular weight excluding hydrogens is 188 g/mol. The summed E-state index contributed by atoms with van der Waals surface area (Å²) in [6.45, 7) is 6.73. The van der Waals surface area contributed by atoms with Crippen LogP contribution in [0, 0.1) is 0 Å². The maximum absolute atomic E-state index is 2.37. The van der Waals surface area contributed by atoms with E-state index in [2.05, 4.69) is 44.7 Å². The Labute approximate surface area is 94.6 Å². The minimum Gasteiger partial charge on any atom is -0.159 e. The molecule has 14 heavy (non-hydrogen) atoms. The Kier molecular flexibility index (Phi) is 11.2. The molecule has 0 fully saturated rings. The van der Waals surface area contributed by atoms with E-state index in [1.165, 1.54) is 44.3 Å². The van der Waals surface area contributed by atoms with Crippen LogP contribution in [0.5, 0.6) is 0 Å². The highest BCUT2D eigenvalue weighted by Crippen LogP contribution is 2.18. The van der Waals surface area contributed by atoms with Gasteiger partial charge in [-0.25, -0.2) is 0 Å². The summed E-state index contributed by atoms with van der Waals surface area (Å²) in [5, 5.41) is 0.872. The van der Waals surface area contributed by atoms with Gasteiger partial charge < -0.3 is 0 Å². The predicted octanol–water partition coefficient (Wildman–Crippen LogP) is 5.04. The molecule has 0 radical (unpaired) electrons. The zero-order chi connectivity index (χ0) is 10.6. The number of thioether (sulfide) groups is 1. The lowest BCUT2D eigenvalue weighted by Crippen LogP contribution is -1.96. The first-order valence-electron chi connectivity index (χ1n) is 6.04. The summed E-state index contributed by atoms with van der Waals surface area (Å²) >= 11 is 2.13. The molecule has 0 saturated carbocycles. The summed E-state index contributed by atoms with van der Waals surface area (Å²) in [4.78, 5) is 0. The maximum Gasteiger partial charge on any atom is 0.00187 e. The van der Waals surface area contributed by atoms with Gasteiger partial charge in [0.1, 0.15) is 0 Å². The second kappa shape index (κ2) is 11.2. The van der Waals surface area contributed by atoms with Crippen LogP contribution in [0.3, 0.4) is 0 Å². The van der Waals surface area contributed by atoms with Crippen LogP contribution in [0.4, 0.5) is 0 Å². The Bertz CT molecular complexity index is 129. The number of hydrogen-bond donors (Lipinski definition) is 0. The Balaban J connectivity index is 3.10. The second-order valence-electron chi connectivity index (χ2n) is 3.89. The van der Waals surface area contributed by atoms with Crippen LogP contribution in [-0.4, -0.2) is 11.0 Å². The first-order chi connectivity index (χ1) is 6.81. The van der Waals surface area contributed by atoms with E-state index in [0.29, 0.717) is 0 Å². The number of hydrogen-bond acceptors (Lipinski definition) is 1. The molecule has 0 rings (SSSR count). The molecule has 0 aromatic rings. The highest BCUT2D eigenvalue weighted by Gasteiger charge is 2.00. The van der Waals surface area contributed by atoms with Gasteiger partial charge in [-0.1, -0.05) is 38.8 Å². The molecule has 0 aromatic carbocycles. The molecule has 0 spiro atoms. The SMILES string of the molecule is C/C=C/CCCCCC(C)SCCC. The maximum atomic E-state index is 2.37. The molecule has 0 aliphatic carbocycles. The standard InChI is InChI=1S/C13H26S/c1-4-6-7-8-9-10-11-13(3)14-12-5-2/h4,6,13H,5,7-12H2,1-3H3/b6-4+. The normalized spacial score (nSPS) is 13.6. The van der Waals surface area contributed by atoms with E-state index in [1.807, 2.05) is 0 Å². The van der Waals surface area contributed by atoms with Crippen molar-refractivity contribution in [1.82, 2.24) is 0 Å². The van der Waals surface area contributed by atoms with Gasteiger partial charge in [0.25, 0.3) is 0 Å². The smallest absolute Gasteiger partial charge is 0.00187 e. The fourth-order valence-corrected chi connectivity index (χ4v) is 2.41. The highest BCUT2D eigenvalue weighted by molar-refractivity contribution is 7.99. The Morgan fingerprint density at radius 1 is 1.21 bits per heavy atom. The van der Waals surface area contributed by atoms with E-state index < -0.39 is 0 Å². The zero-order valence-electron chi connectivity index (χ0n) is 10.1. The van der Waals surface area contributed by atoms with Gasteiger partial charge in [0, 0.05) is 5.25 Å². The third-order valence-electron chi connectivity index (χ3n) is 2.32. The first kappa shape index (κ1) is 14.1. The molecule has 1 atom stereocenters. The van der Waals surface area contributed by atoms with Crippen LogP contribution in [0.2, 0.25) is 0 Å². The van der Waals surface area contributed by atoms with Gasteiger partial charge in [-0.05, 0) is 38.4 Å². The molecule has 0 heterocycles. The molecular formula is C13H26S. The Morgan fingerprint density at radius 2 is 2.00 bits per heavy atom. The van der Waals surface area contributed by atoms with Crippen molar-refractivity contribution >= 4 is 11.8 Å². The molecule has 0 aliphatic heterocycles. The van der Waals surface area contributed by atoms with E-state index >= 15 is 0 Å². The van der Waals surface area contributed by atoms with Gasteiger partial charge in [0.05, 0.1) is 0 Å². The van der Waals surface area contributed by atoms with Crippen molar-refractivity contribution in [1.29, 1.82) is 0 Å². The molecule has 0 aliphatic rings. The average Bonchev–Trinajstić information content (AvgIpc) is 2.20. The van der Waals surface area contributed by atoms with Crippen molar-refractivity contribution in [3.63, 3.8) is 0 Å². The van der Waals surface area contributed by atoms with Gasteiger partial charge >= 0.3 is 0 Å². The van der Waals surface area contributed by atoms with Crippen molar-refractivity contribution in [2.75, 3.05) is 5.75 Å². The fraction of sp³-hybridized carbons (Fsp3) is 0.846. The minimum atomic E-state index is 0.872. The van der Waals surface area contributed by atoms with Crippen LogP contribution in [-0.2, 0) is 0 Å². The van der Waals surface area contributed by atoms with Crippen LogP contribution in [0.25, 0.3) is 0 Å². The molecule has 0 bridgehead atoms. The van der Waals surface area contributed by atoms with E-state index in [1.54, 1.807) is 0 Å². The summed E-state index contributed by atoms with van der Waals surface area (Å²) < 4.78 is 0. The van der Waals surface area contributed by atoms with Crippen LogP contribution in [0.1, 0.15) is 59.3 Å². The lowest BCUT2D eigenvalue weighted by molar-refractivity contribution is 0.644. The van der Waals surface area contributed by atoms with E-state index in [9.17, 15) is 0 Å². The monoisotopic (exact) mass is 214 g/mol. The first-order valence-corrected chi connectivity index (χ1v) is 7.08. The number of unbranched alkanes of at least 4 members (excludes halogenated alkanes) is 3. The molecule has 0 saturated heterocycles. The van der Waals surface area contributed by atoms with Crippen LogP contribution < -0.4 is 0 Å². The summed E-state index contributed by atoms with van der Waals surface area (Å²) in [5.74, 6) is 1.33. The molecule has 1 unspecified atom stereocenters. The molecule has 0 nitrogen and oxygen atoms in total. The average molecular weight is 214 g/mol. The quantitative estimate of drug-likeness (QED) is 0.382. The van der Waals surface area contributed by atoms with Crippen molar-refractivity contribution in [3.05, 3.63) is 12.2 Å². The third kappa shape index (κ3) is 10.2. The lowest BCUT2D eigenvalue weighted by atomic mass is 10.1. The largest absolute Gasteiger partial charge is 0.159 e. The van der Waals surface area contributed by atoms with Gasteiger partial charge in [0.15, 0.2) is 0 Å².